The van der Waals surface area contributed by atoms with Crippen LogP contribution in [0.15, 0.2) is 46.9 Å². The van der Waals surface area contributed by atoms with Gasteiger partial charge in [-0.15, -0.1) is 23.7 Å². The molecule has 24 heavy (non-hydrogen) atoms. The van der Waals surface area contributed by atoms with Crippen LogP contribution in [0.2, 0.25) is 0 Å². The summed E-state index contributed by atoms with van der Waals surface area (Å²) >= 11 is 5.52. The highest BCUT2D eigenvalue weighted by atomic mass is 79.9. The molecule has 3 aromatic rings. The third-order valence-corrected chi connectivity index (χ3v) is 6.05. The molecule has 2 aromatic carbocycles. The Morgan fingerprint density at radius 3 is 2.71 bits per heavy atom. The normalized spacial score (nSPS) is 17.4. The second-order valence-electron chi connectivity index (χ2n) is 6.13. The van der Waals surface area contributed by atoms with Crippen LogP contribution < -0.4 is 4.74 Å². The van der Waals surface area contributed by atoms with Gasteiger partial charge in [0.25, 0.3) is 0 Å². The van der Waals surface area contributed by atoms with Gasteiger partial charge in [-0.1, -0.05) is 40.2 Å². The molecule has 1 aromatic heterocycles. The fraction of sp³-hybridized carbons (Fsp3) is 0.263. The average Bonchev–Trinajstić information content (AvgIpc) is 2.90. The molecule has 0 amide bonds. The summed E-state index contributed by atoms with van der Waals surface area (Å²) in [6.45, 7) is 4.12. The van der Waals surface area contributed by atoms with E-state index in [0.717, 1.165) is 28.7 Å². The SMILES string of the molecule is Cc1cc2c(s1)CN(C)CC2Oc1ccc(Br)c2ccccc12.Cl. The number of thiophene rings is 1. The van der Waals surface area contributed by atoms with E-state index in [-0.39, 0.29) is 18.5 Å². The Morgan fingerprint density at radius 2 is 1.92 bits per heavy atom. The van der Waals surface area contributed by atoms with Crippen molar-refractivity contribution in [2.45, 2.75) is 19.6 Å². The molecule has 4 rings (SSSR count). The van der Waals surface area contributed by atoms with Crippen molar-refractivity contribution in [2.24, 2.45) is 0 Å². The maximum Gasteiger partial charge on any atom is 0.137 e. The van der Waals surface area contributed by atoms with Crippen LogP contribution in [0.3, 0.4) is 0 Å². The minimum absolute atomic E-state index is 0. The van der Waals surface area contributed by atoms with Gasteiger partial charge in [-0.2, -0.15) is 0 Å². The number of hydrogen-bond donors (Lipinski definition) is 0. The summed E-state index contributed by atoms with van der Waals surface area (Å²) in [6, 6.07) is 14.8. The molecule has 1 unspecified atom stereocenters. The van der Waals surface area contributed by atoms with Gasteiger partial charge in [0.1, 0.15) is 11.9 Å². The summed E-state index contributed by atoms with van der Waals surface area (Å²) < 4.78 is 7.58. The van der Waals surface area contributed by atoms with E-state index in [0.29, 0.717) is 0 Å². The lowest BCUT2D eigenvalue weighted by atomic mass is 10.0. The van der Waals surface area contributed by atoms with Crippen LogP contribution in [0.1, 0.15) is 21.4 Å². The van der Waals surface area contributed by atoms with E-state index in [1.54, 1.807) is 0 Å². The highest BCUT2D eigenvalue weighted by Gasteiger charge is 2.27. The van der Waals surface area contributed by atoms with Gasteiger partial charge in [0, 0.05) is 38.3 Å². The summed E-state index contributed by atoms with van der Waals surface area (Å²) in [7, 11) is 2.16. The molecule has 126 valence electrons. The first-order valence-electron chi connectivity index (χ1n) is 7.73. The van der Waals surface area contributed by atoms with Gasteiger partial charge in [0.15, 0.2) is 0 Å². The molecule has 0 fully saturated rings. The molecule has 0 aliphatic carbocycles. The van der Waals surface area contributed by atoms with Crippen LogP contribution in [0.4, 0.5) is 0 Å². The minimum atomic E-state index is 0. The van der Waals surface area contributed by atoms with Crippen LogP contribution in [0.25, 0.3) is 10.8 Å². The topological polar surface area (TPSA) is 12.5 Å². The molecule has 0 spiro atoms. The molecule has 1 aliphatic heterocycles. The first-order chi connectivity index (χ1) is 11.1. The maximum atomic E-state index is 6.48. The van der Waals surface area contributed by atoms with Gasteiger partial charge in [-0.05, 0) is 37.6 Å². The summed E-state index contributed by atoms with van der Waals surface area (Å²) in [5.41, 5.74) is 1.36. The fourth-order valence-electron chi connectivity index (χ4n) is 3.26. The van der Waals surface area contributed by atoms with Crippen LogP contribution in [-0.4, -0.2) is 18.5 Å². The minimum Gasteiger partial charge on any atom is -0.484 e. The zero-order valence-electron chi connectivity index (χ0n) is 13.6. The van der Waals surface area contributed by atoms with Crippen molar-refractivity contribution in [1.82, 2.24) is 4.90 Å². The quantitative estimate of drug-likeness (QED) is 0.503. The molecule has 2 nitrogen and oxygen atoms in total. The Labute approximate surface area is 161 Å². The molecule has 0 bridgehead atoms. The highest BCUT2D eigenvalue weighted by Crippen LogP contribution is 2.38. The molecule has 1 aliphatic rings. The first kappa shape index (κ1) is 17.7. The average molecular weight is 425 g/mol. The monoisotopic (exact) mass is 423 g/mol. The number of fused-ring (bicyclic) bond motifs is 2. The molecular weight excluding hydrogens is 406 g/mol. The lowest BCUT2D eigenvalue weighted by molar-refractivity contribution is 0.132. The number of likely N-dealkylation sites (N-methyl/N-ethyl adjacent to an activating group) is 1. The molecule has 2 heterocycles. The van der Waals surface area contributed by atoms with Crippen molar-refractivity contribution in [3.8, 4) is 5.75 Å². The third kappa shape index (κ3) is 3.21. The van der Waals surface area contributed by atoms with Gasteiger partial charge in [0.2, 0.25) is 0 Å². The Morgan fingerprint density at radius 1 is 1.17 bits per heavy atom. The molecule has 0 radical (unpaired) electrons. The summed E-state index contributed by atoms with van der Waals surface area (Å²) in [5.74, 6) is 0.957. The second-order valence-corrected chi connectivity index (χ2v) is 8.33. The highest BCUT2D eigenvalue weighted by molar-refractivity contribution is 9.10. The van der Waals surface area contributed by atoms with Gasteiger partial charge in [-0.25, -0.2) is 0 Å². The van der Waals surface area contributed by atoms with Crippen LogP contribution in [-0.2, 0) is 6.54 Å². The van der Waals surface area contributed by atoms with Gasteiger partial charge < -0.3 is 4.74 Å². The molecule has 0 N–H and O–H groups in total. The predicted molar refractivity (Wildman–Crippen MR) is 108 cm³/mol. The number of benzene rings is 2. The molecule has 0 saturated heterocycles. The maximum absolute atomic E-state index is 6.48. The van der Waals surface area contributed by atoms with Crippen molar-refractivity contribution in [3.05, 3.63) is 62.3 Å². The molecule has 0 saturated carbocycles. The zero-order chi connectivity index (χ0) is 16.0. The summed E-state index contributed by atoms with van der Waals surface area (Å²) in [6.07, 6.45) is 0.0956. The smallest absolute Gasteiger partial charge is 0.137 e. The fourth-order valence-corrected chi connectivity index (χ4v) is 4.91. The van der Waals surface area contributed by atoms with E-state index >= 15 is 0 Å². The van der Waals surface area contributed by atoms with Gasteiger partial charge in [-0.3, -0.25) is 4.90 Å². The van der Waals surface area contributed by atoms with E-state index < -0.39 is 0 Å². The lowest BCUT2D eigenvalue weighted by Crippen LogP contribution is -2.32. The largest absolute Gasteiger partial charge is 0.484 e. The first-order valence-corrected chi connectivity index (χ1v) is 9.34. The summed E-state index contributed by atoms with van der Waals surface area (Å²) in [5, 5.41) is 2.35. The number of ether oxygens (including phenoxy) is 1. The van der Waals surface area contributed by atoms with Crippen molar-refractivity contribution in [1.29, 1.82) is 0 Å². The predicted octanol–water partition coefficient (Wildman–Crippen LogP) is 5.96. The van der Waals surface area contributed by atoms with Crippen LogP contribution in [0.5, 0.6) is 5.75 Å². The molecular formula is C19H19BrClNOS. The standard InChI is InChI=1S/C19H18BrNOS.ClH/c1-12-9-15-18(10-21(2)11-19(15)23-12)22-17-8-7-16(20)13-5-3-4-6-14(13)17;/h3-9,18H,10-11H2,1-2H3;1H. The van der Waals surface area contributed by atoms with Crippen molar-refractivity contribution >= 4 is 50.4 Å². The van der Waals surface area contributed by atoms with E-state index in [9.17, 15) is 0 Å². The number of rotatable bonds is 2. The molecule has 1 atom stereocenters. The van der Waals surface area contributed by atoms with E-state index in [1.165, 1.54) is 20.7 Å². The van der Waals surface area contributed by atoms with Crippen molar-refractivity contribution in [3.63, 3.8) is 0 Å². The molecule has 5 heteroatoms. The van der Waals surface area contributed by atoms with Gasteiger partial charge in [0.05, 0.1) is 0 Å². The second kappa shape index (κ2) is 7.04. The number of aryl methyl sites for hydroxylation is 1. The Bertz CT molecular complexity index is 879. The van der Waals surface area contributed by atoms with E-state index in [1.807, 2.05) is 11.3 Å². The van der Waals surface area contributed by atoms with Crippen LogP contribution in [0, 0.1) is 6.92 Å². The Kier molecular flexibility index (Phi) is 5.21. The third-order valence-electron chi connectivity index (χ3n) is 4.30. The van der Waals surface area contributed by atoms with Gasteiger partial charge >= 0.3 is 0 Å². The number of hydrogen-bond acceptors (Lipinski definition) is 3. The van der Waals surface area contributed by atoms with Crippen LogP contribution >= 0.6 is 39.7 Å². The summed E-state index contributed by atoms with van der Waals surface area (Å²) in [4.78, 5) is 5.13. The number of halogens is 2. The Balaban J connectivity index is 0.00000169. The van der Waals surface area contributed by atoms with Crippen molar-refractivity contribution < 1.29 is 4.74 Å². The lowest BCUT2D eigenvalue weighted by Gasteiger charge is -2.30. The number of nitrogens with zero attached hydrogens (tertiary/aromatic N) is 1. The Hall–Kier alpha value is -1.07. The van der Waals surface area contributed by atoms with Crippen molar-refractivity contribution in [2.75, 3.05) is 13.6 Å². The zero-order valence-corrected chi connectivity index (χ0v) is 16.8. The van der Waals surface area contributed by atoms with E-state index in [2.05, 4.69) is 77.3 Å². The van der Waals surface area contributed by atoms with E-state index in [4.69, 9.17) is 4.74 Å².